The highest BCUT2D eigenvalue weighted by Gasteiger charge is 2.07. The fraction of sp³-hybridized carbons (Fsp3) is 0.273. The van der Waals surface area contributed by atoms with E-state index >= 15 is 0 Å². The molecule has 0 spiro atoms. The van der Waals surface area contributed by atoms with Crippen LogP contribution in [0.1, 0.15) is 27.7 Å². The van der Waals surface area contributed by atoms with E-state index in [-0.39, 0.29) is 11.9 Å². The van der Waals surface area contributed by atoms with Gasteiger partial charge >= 0.3 is 11.9 Å². The zero-order valence-electron chi connectivity index (χ0n) is 16.7. The van der Waals surface area contributed by atoms with Crippen molar-refractivity contribution in [3.8, 4) is 0 Å². The summed E-state index contributed by atoms with van der Waals surface area (Å²) in [5.41, 5.74) is 3.10. The maximum Gasteiger partial charge on any atom is 0.332 e. The van der Waals surface area contributed by atoms with E-state index in [4.69, 9.17) is 9.47 Å². The van der Waals surface area contributed by atoms with Crippen molar-refractivity contribution < 1.29 is 19.1 Å². The summed E-state index contributed by atoms with van der Waals surface area (Å²) in [5.74, 6) is -0.760. The van der Waals surface area contributed by atoms with Crippen molar-refractivity contribution >= 4 is 34.1 Å². The second-order valence-electron chi connectivity index (χ2n) is 6.12. The molecule has 0 fully saturated rings. The van der Waals surface area contributed by atoms with Gasteiger partial charge in [0.25, 0.3) is 0 Å². The molecule has 0 heterocycles. The number of rotatable bonds is 8. The van der Waals surface area contributed by atoms with Gasteiger partial charge < -0.3 is 20.1 Å². The maximum atomic E-state index is 11.6. The van der Waals surface area contributed by atoms with Gasteiger partial charge in [0, 0.05) is 45.7 Å². The molecular weight excluding hydrogens is 356 g/mol. The summed E-state index contributed by atoms with van der Waals surface area (Å²) in [6, 6.07) is 11.7. The van der Waals surface area contributed by atoms with E-state index in [9.17, 15) is 9.59 Å². The molecule has 2 rings (SSSR count). The predicted molar refractivity (Wildman–Crippen MR) is 112 cm³/mol. The third-order valence-electron chi connectivity index (χ3n) is 3.83. The summed E-state index contributed by atoms with van der Waals surface area (Å²) in [4.78, 5) is 23.2. The normalized spacial score (nSPS) is 11.9. The number of fused-ring (bicyclic) bond motifs is 1. The third-order valence-corrected chi connectivity index (χ3v) is 3.83. The van der Waals surface area contributed by atoms with Gasteiger partial charge in [-0.2, -0.15) is 0 Å². The molecule has 0 aliphatic heterocycles. The summed E-state index contributed by atoms with van der Waals surface area (Å²) in [7, 11) is 0. The monoisotopic (exact) mass is 382 g/mol. The summed E-state index contributed by atoms with van der Waals surface area (Å²) < 4.78 is 9.88. The van der Waals surface area contributed by atoms with Crippen molar-refractivity contribution in [1.29, 1.82) is 0 Å². The van der Waals surface area contributed by atoms with Crippen molar-refractivity contribution in [2.75, 3.05) is 23.8 Å². The minimum absolute atomic E-state index is 0.338. The summed E-state index contributed by atoms with van der Waals surface area (Å²) in [6.07, 6.45) is 2.85. The molecule has 0 bridgehead atoms. The number of allylic oxidation sites excluding steroid dienone is 2. The van der Waals surface area contributed by atoms with Gasteiger partial charge in [-0.05, 0) is 39.8 Å². The summed E-state index contributed by atoms with van der Waals surface area (Å²) in [5, 5.41) is 8.45. The topological polar surface area (TPSA) is 76.7 Å². The number of ether oxygens (including phenoxy) is 2. The number of anilines is 2. The van der Waals surface area contributed by atoms with E-state index in [1.54, 1.807) is 13.8 Å². The summed E-state index contributed by atoms with van der Waals surface area (Å²) in [6.45, 7) is 7.83. The van der Waals surface area contributed by atoms with Gasteiger partial charge in [0.2, 0.25) is 0 Å². The Kier molecular flexibility index (Phi) is 7.63. The predicted octanol–water partition coefficient (Wildman–Crippen LogP) is 4.60. The molecule has 2 aromatic carbocycles. The van der Waals surface area contributed by atoms with Crippen LogP contribution in [0.4, 0.5) is 11.4 Å². The van der Waals surface area contributed by atoms with Gasteiger partial charge in [0.1, 0.15) is 0 Å². The van der Waals surface area contributed by atoms with Crippen LogP contribution in [-0.2, 0) is 19.1 Å². The smallest absolute Gasteiger partial charge is 0.332 e. The number of nitrogens with one attached hydrogen (secondary N) is 2. The van der Waals surface area contributed by atoms with Crippen LogP contribution >= 0.6 is 0 Å². The molecule has 148 valence electrons. The zero-order valence-corrected chi connectivity index (χ0v) is 16.7. The van der Waals surface area contributed by atoms with Crippen LogP contribution in [0.3, 0.4) is 0 Å². The van der Waals surface area contributed by atoms with Crippen molar-refractivity contribution in [1.82, 2.24) is 0 Å². The molecular formula is C22H26N2O4. The second kappa shape index (κ2) is 10.2. The first-order chi connectivity index (χ1) is 13.4. The quantitative estimate of drug-likeness (QED) is 0.513. The molecule has 0 aliphatic carbocycles. The van der Waals surface area contributed by atoms with E-state index in [0.29, 0.717) is 24.6 Å². The van der Waals surface area contributed by atoms with E-state index in [1.165, 1.54) is 12.2 Å². The lowest BCUT2D eigenvalue weighted by Gasteiger charge is -2.14. The van der Waals surface area contributed by atoms with Crippen molar-refractivity contribution in [2.45, 2.75) is 27.7 Å². The summed E-state index contributed by atoms with van der Waals surface area (Å²) >= 11 is 0. The fourth-order valence-electron chi connectivity index (χ4n) is 2.75. The average molecular weight is 382 g/mol. The Morgan fingerprint density at radius 3 is 1.54 bits per heavy atom. The lowest BCUT2D eigenvalue weighted by atomic mass is 10.1. The van der Waals surface area contributed by atoms with E-state index in [2.05, 4.69) is 10.6 Å². The Morgan fingerprint density at radius 1 is 0.786 bits per heavy atom. The molecule has 6 nitrogen and oxygen atoms in total. The molecule has 0 atom stereocenters. The van der Waals surface area contributed by atoms with Crippen LogP contribution in [-0.4, -0.2) is 25.2 Å². The van der Waals surface area contributed by atoms with Crippen LogP contribution in [0, 0.1) is 0 Å². The standard InChI is InChI=1S/C22H26N2O4/c1-5-27-21(25)13-15(3)23-19-11-7-10-18-17(19)9-8-12-20(18)24-16(4)14-22(26)28-6-2/h7-14,23-24H,5-6H2,1-4H3. The molecule has 0 amide bonds. The number of carbonyl (C=O) groups is 2. The van der Waals surface area contributed by atoms with Crippen LogP contribution in [0.25, 0.3) is 10.8 Å². The largest absolute Gasteiger partial charge is 0.463 e. The highest BCUT2D eigenvalue weighted by atomic mass is 16.5. The lowest BCUT2D eigenvalue weighted by molar-refractivity contribution is -0.138. The molecule has 0 radical (unpaired) electrons. The zero-order chi connectivity index (χ0) is 20.5. The highest BCUT2D eigenvalue weighted by Crippen LogP contribution is 2.30. The molecule has 0 saturated heterocycles. The molecule has 0 aliphatic rings. The lowest BCUT2D eigenvalue weighted by Crippen LogP contribution is -2.05. The van der Waals surface area contributed by atoms with Crippen molar-refractivity contribution in [3.63, 3.8) is 0 Å². The molecule has 0 unspecified atom stereocenters. The Morgan fingerprint density at radius 2 is 1.18 bits per heavy atom. The van der Waals surface area contributed by atoms with Gasteiger partial charge in [0.05, 0.1) is 13.2 Å². The Bertz CT molecular complexity index is 841. The maximum absolute atomic E-state index is 11.6. The molecule has 28 heavy (non-hydrogen) atoms. The number of esters is 2. The van der Waals surface area contributed by atoms with Crippen LogP contribution in [0.2, 0.25) is 0 Å². The van der Waals surface area contributed by atoms with Gasteiger partial charge in [0.15, 0.2) is 0 Å². The Balaban J connectivity index is 2.29. The SMILES string of the molecule is CCOC(=O)C=C(C)Nc1cccc2c(NC(C)=CC(=O)OCC)cccc12. The van der Waals surface area contributed by atoms with Crippen LogP contribution in [0.15, 0.2) is 59.9 Å². The van der Waals surface area contributed by atoms with E-state index in [1.807, 2.05) is 50.2 Å². The minimum Gasteiger partial charge on any atom is -0.463 e. The minimum atomic E-state index is -0.380. The van der Waals surface area contributed by atoms with Gasteiger partial charge in [-0.25, -0.2) is 9.59 Å². The van der Waals surface area contributed by atoms with E-state index in [0.717, 1.165) is 22.1 Å². The molecule has 2 N–H and O–H groups in total. The first-order valence-electron chi connectivity index (χ1n) is 9.20. The molecule has 0 aromatic heterocycles. The third kappa shape index (κ3) is 5.87. The molecule has 0 saturated carbocycles. The second-order valence-corrected chi connectivity index (χ2v) is 6.12. The highest BCUT2D eigenvalue weighted by molar-refractivity contribution is 6.02. The van der Waals surface area contributed by atoms with Crippen molar-refractivity contribution in [3.05, 3.63) is 59.9 Å². The van der Waals surface area contributed by atoms with Gasteiger partial charge in [-0.1, -0.05) is 24.3 Å². The number of benzene rings is 2. The number of carbonyl (C=O) groups excluding carboxylic acids is 2. The van der Waals surface area contributed by atoms with E-state index < -0.39 is 0 Å². The van der Waals surface area contributed by atoms with Crippen molar-refractivity contribution in [2.24, 2.45) is 0 Å². The van der Waals surface area contributed by atoms with Crippen LogP contribution in [0.5, 0.6) is 0 Å². The molecule has 2 aromatic rings. The molecule has 6 heteroatoms. The van der Waals surface area contributed by atoms with Gasteiger partial charge in [-0.3, -0.25) is 0 Å². The number of hydrogen-bond acceptors (Lipinski definition) is 6. The fourth-order valence-corrected chi connectivity index (χ4v) is 2.75. The van der Waals surface area contributed by atoms with Crippen LogP contribution < -0.4 is 10.6 Å². The average Bonchev–Trinajstić information content (AvgIpc) is 2.62. The first-order valence-corrected chi connectivity index (χ1v) is 9.20. The van der Waals surface area contributed by atoms with Gasteiger partial charge in [-0.15, -0.1) is 0 Å². The first kappa shape index (κ1) is 21.0. The number of hydrogen-bond donors (Lipinski definition) is 2. The Hall–Kier alpha value is -3.28. The Labute approximate surface area is 165 Å².